The van der Waals surface area contributed by atoms with Crippen molar-refractivity contribution in [3.8, 4) is 56.0 Å². The largest absolute Gasteiger partial charge is 0.457 e. The molecule has 1 aliphatic heterocycles. The minimum atomic E-state index is -0.129. The SMILES string of the molecule is CC1(C)c2ccccc2Oc2cc(-c3ccccc3-c3ccccc3-c3ccccc3-c3ccccc3)ccc21. The summed E-state index contributed by atoms with van der Waals surface area (Å²) in [7, 11) is 0. The van der Waals surface area contributed by atoms with Gasteiger partial charge in [-0.1, -0.05) is 147 Å². The van der Waals surface area contributed by atoms with E-state index in [-0.39, 0.29) is 5.41 Å². The van der Waals surface area contributed by atoms with Crippen molar-refractivity contribution >= 4 is 0 Å². The van der Waals surface area contributed by atoms with E-state index in [1.165, 1.54) is 50.1 Å². The van der Waals surface area contributed by atoms with E-state index < -0.39 is 0 Å². The fourth-order valence-electron chi connectivity index (χ4n) is 6.14. The predicted octanol–water partition coefficient (Wildman–Crippen LogP) is 10.8. The molecule has 0 aromatic heterocycles. The number of fused-ring (bicyclic) bond motifs is 2. The molecule has 6 aromatic carbocycles. The van der Waals surface area contributed by atoms with Gasteiger partial charge in [0.2, 0.25) is 0 Å². The Morgan fingerprint density at radius 3 is 1.45 bits per heavy atom. The van der Waals surface area contributed by atoms with Crippen molar-refractivity contribution in [2.24, 2.45) is 0 Å². The Morgan fingerprint density at radius 1 is 0.375 bits per heavy atom. The molecular formula is C39H30O. The smallest absolute Gasteiger partial charge is 0.132 e. The van der Waals surface area contributed by atoms with Gasteiger partial charge in [0.1, 0.15) is 11.5 Å². The van der Waals surface area contributed by atoms with Gasteiger partial charge < -0.3 is 4.74 Å². The normalized spacial score (nSPS) is 13.2. The molecule has 1 aliphatic rings. The fraction of sp³-hybridized carbons (Fsp3) is 0.0769. The highest BCUT2D eigenvalue weighted by Gasteiger charge is 2.34. The second kappa shape index (κ2) is 9.70. The first-order chi connectivity index (χ1) is 19.6. The highest BCUT2D eigenvalue weighted by atomic mass is 16.5. The minimum Gasteiger partial charge on any atom is -0.457 e. The maximum atomic E-state index is 6.48. The molecule has 0 bridgehead atoms. The molecule has 0 N–H and O–H groups in total. The number of para-hydroxylation sites is 1. The van der Waals surface area contributed by atoms with Gasteiger partial charge in [-0.2, -0.15) is 0 Å². The number of ether oxygens (including phenoxy) is 1. The van der Waals surface area contributed by atoms with Crippen molar-refractivity contribution in [2.45, 2.75) is 19.3 Å². The van der Waals surface area contributed by atoms with E-state index in [2.05, 4.69) is 153 Å². The van der Waals surface area contributed by atoms with Gasteiger partial charge in [-0.15, -0.1) is 0 Å². The second-order valence-corrected chi connectivity index (χ2v) is 10.9. The quantitative estimate of drug-likeness (QED) is 0.227. The summed E-state index contributed by atoms with van der Waals surface area (Å²) in [4.78, 5) is 0. The summed E-state index contributed by atoms with van der Waals surface area (Å²) in [6.45, 7) is 4.56. The topological polar surface area (TPSA) is 9.23 Å². The summed E-state index contributed by atoms with van der Waals surface area (Å²) >= 11 is 0. The first-order valence-corrected chi connectivity index (χ1v) is 13.9. The van der Waals surface area contributed by atoms with Gasteiger partial charge in [-0.3, -0.25) is 0 Å². The van der Waals surface area contributed by atoms with Crippen LogP contribution in [-0.4, -0.2) is 0 Å². The van der Waals surface area contributed by atoms with Crippen molar-refractivity contribution in [3.63, 3.8) is 0 Å². The molecule has 0 radical (unpaired) electrons. The highest BCUT2D eigenvalue weighted by Crippen LogP contribution is 2.49. The zero-order chi connectivity index (χ0) is 27.1. The lowest BCUT2D eigenvalue weighted by molar-refractivity contribution is 0.418. The number of hydrogen-bond acceptors (Lipinski definition) is 1. The van der Waals surface area contributed by atoms with E-state index in [9.17, 15) is 0 Å². The molecule has 192 valence electrons. The van der Waals surface area contributed by atoms with Crippen molar-refractivity contribution in [3.05, 3.63) is 157 Å². The molecule has 7 rings (SSSR count). The molecule has 0 atom stereocenters. The molecule has 0 aliphatic carbocycles. The third kappa shape index (κ3) is 4.03. The van der Waals surface area contributed by atoms with Gasteiger partial charge in [0.05, 0.1) is 0 Å². The Bertz CT molecular complexity index is 1850. The average Bonchev–Trinajstić information content (AvgIpc) is 3.01. The molecule has 0 spiro atoms. The Hall–Kier alpha value is -4.88. The lowest BCUT2D eigenvalue weighted by atomic mass is 9.75. The van der Waals surface area contributed by atoms with Crippen molar-refractivity contribution in [1.82, 2.24) is 0 Å². The number of rotatable bonds is 4. The van der Waals surface area contributed by atoms with Crippen LogP contribution in [0, 0.1) is 0 Å². The van der Waals surface area contributed by atoms with Gasteiger partial charge in [-0.05, 0) is 56.6 Å². The molecule has 0 fully saturated rings. The maximum Gasteiger partial charge on any atom is 0.132 e. The first kappa shape index (κ1) is 24.2. The second-order valence-electron chi connectivity index (χ2n) is 10.9. The minimum absolute atomic E-state index is 0.129. The van der Waals surface area contributed by atoms with Crippen LogP contribution in [-0.2, 0) is 5.41 Å². The summed E-state index contributed by atoms with van der Waals surface area (Å²) in [5.41, 5.74) is 12.0. The third-order valence-electron chi connectivity index (χ3n) is 8.19. The molecule has 0 saturated carbocycles. The van der Waals surface area contributed by atoms with E-state index >= 15 is 0 Å². The van der Waals surface area contributed by atoms with Crippen LogP contribution in [0.2, 0.25) is 0 Å². The van der Waals surface area contributed by atoms with Crippen LogP contribution in [0.1, 0.15) is 25.0 Å². The first-order valence-electron chi connectivity index (χ1n) is 13.9. The van der Waals surface area contributed by atoms with E-state index in [0.29, 0.717) is 0 Å². The monoisotopic (exact) mass is 514 g/mol. The van der Waals surface area contributed by atoms with Crippen LogP contribution in [0.5, 0.6) is 11.5 Å². The Kier molecular flexibility index (Phi) is 5.86. The number of benzene rings is 6. The zero-order valence-electron chi connectivity index (χ0n) is 22.8. The lowest BCUT2D eigenvalue weighted by Gasteiger charge is -2.34. The van der Waals surface area contributed by atoms with Crippen LogP contribution >= 0.6 is 0 Å². The molecule has 0 amide bonds. The van der Waals surface area contributed by atoms with E-state index in [4.69, 9.17) is 4.74 Å². The standard InChI is InChI=1S/C39H30O/c1-39(2)35-22-12-13-23-37(35)40-38-26-28(24-25-36(38)39)30-17-7-9-19-32(30)34-21-11-10-20-33(34)31-18-8-6-16-29(31)27-14-4-3-5-15-27/h3-26H,1-2H3. The van der Waals surface area contributed by atoms with Crippen LogP contribution in [0.3, 0.4) is 0 Å². The highest BCUT2D eigenvalue weighted by molar-refractivity contribution is 5.95. The van der Waals surface area contributed by atoms with E-state index in [1.54, 1.807) is 0 Å². The Morgan fingerprint density at radius 2 is 0.825 bits per heavy atom. The molecule has 40 heavy (non-hydrogen) atoms. The zero-order valence-corrected chi connectivity index (χ0v) is 22.8. The summed E-state index contributed by atoms with van der Waals surface area (Å²) in [6.07, 6.45) is 0. The van der Waals surface area contributed by atoms with E-state index in [1.807, 2.05) is 6.07 Å². The summed E-state index contributed by atoms with van der Waals surface area (Å²) in [5, 5.41) is 0. The fourth-order valence-corrected chi connectivity index (χ4v) is 6.14. The van der Waals surface area contributed by atoms with Crippen molar-refractivity contribution < 1.29 is 4.74 Å². The van der Waals surface area contributed by atoms with Crippen molar-refractivity contribution in [2.75, 3.05) is 0 Å². The van der Waals surface area contributed by atoms with Crippen LogP contribution in [0.15, 0.2) is 146 Å². The number of hydrogen-bond donors (Lipinski definition) is 0. The predicted molar refractivity (Wildman–Crippen MR) is 167 cm³/mol. The van der Waals surface area contributed by atoms with Gasteiger partial charge >= 0.3 is 0 Å². The van der Waals surface area contributed by atoms with Gasteiger partial charge in [-0.25, -0.2) is 0 Å². The van der Waals surface area contributed by atoms with Gasteiger partial charge in [0, 0.05) is 16.5 Å². The van der Waals surface area contributed by atoms with Crippen LogP contribution in [0.25, 0.3) is 44.5 Å². The van der Waals surface area contributed by atoms with Crippen LogP contribution in [0.4, 0.5) is 0 Å². The Balaban J connectivity index is 1.37. The molecule has 1 heterocycles. The molecule has 0 saturated heterocycles. The summed E-state index contributed by atoms with van der Waals surface area (Å²) in [6, 6.07) is 51.9. The van der Waals surface area contributed by atoms with Gasteiger partial charge in [0.25, 0.3) is 0 Å². The lowest BCUT2D eigenvalue weighted by Crippen LogP contribution is -2.24. The maximum absolute atomic E-state index is 6.48. The Labute approximate surface area is 236 Å². The van der Waals surface area contributed by atoms with Crippen LogP contribution < -0.4 is 4.74 Å². The average molecular weight is 515 g/mol. The molecule has 6 aromatic rings. The molecule has 1 nitrogen and oxygen atoms in total. The summed E-state index contributed by atoms with van der Waals surface area (Å²) in [5.74, 6) is 1.87. The molecular weight excluding hydrogens is 484 g/mol. The summed E-state index contributed by atoms with van der Waals surface area (Å²) < 4.78 is 6.48. The third-order valence-corrected chi connectivity index (χ3v) is 8.19. The van der Waals surface area contributed by atoms with Gasteiger partial charge in [0.15, 0.2) is 0 Å². The molecule has 1 heteroatoms. The van der Waals surface area contributed by atoms with Crippen molar-refractivity contribution in [1.29, 1.82) is 0 Å². The molecule has 0 unspecified atom stereocenters. The van der Waals surface area contributed by atoms with E-state index in [0.717, 1.165) is 17.1 Å².